The zero-order valence-electron chi connectivity index (χ0n) is 40.1. The van der Waals surface area contributed by atoms with E-state index in [1.165, 1.54) is 39.0 Å². The standard InChI is InChI=1S/C32H42N4O4S.C19H22NO4S2.3BrH/c1-3-35(4-2)20-21-36(19-18-33-17-14-26-12-13-28(37)30-31(26)41-32(39)34-30)29(38)16-23-40-22-15-25-10-7-9-24-8-5-6-11-27(24)25;1-20(2)12-9-11(10-13(20)17-16(12)24-17)23-18(21)19(22,14-5-3-7-25-14)15-6-4-8-26-15;;;/h5-13,33,37H,3-4,14-23H2,1-2H3,(H,34,39);3-8,11-13,16-17,22H,9-10H2,1-2H3;3*1H/q;+1;;;/p-1/t;11?,12-,13+,16-,17+;;;. The summed E-state index contributed by atoms with van der Waals surface area (Å²) in [5.74, 6) is -0.356. The summed E-state index contributed by atoms with van der Waals surface area (Å²) in [4.78, 5) is 46.0. The minimum atomic E-state index is -1.72. The highest BCUT2D eigenvalue weighted by Gasteiger charge is 2.71. The predicted molar refractivity (Wildman–Crippen MR) is 288 cm³/mol. The number of esters is 1. The third kappa shape index (κ3) is 13.2. The Morgan fingerprint density at radius 3 is 2.17 bits per heavy atom. The van der Waals surface area contributed by atoms with Gasteiger partial charge in [-0.1, -0.05) is 85.8 Å². The summed E-state index contributed by atoms with van der Waals surface area (Å²) in [6.07, 6.45) is 3.96. The maximum absolute atomic E-state index is 13.2. The van der Waals surface area contributed by atoms with Gasteiger partial charge in [0, 0.05) is 39.0 Å². The fraction of sp³-hybridized carbons (Fsp3) is 0.471. The number of nitrogens with one attached hydrogen (secondary N) is 2. The fourth-order valence-electron chi connectivity index (χ4n) is 9.94. The summed E-state index contributed by atoms with van der Waals surface area (Å²) in [5, 5.41) is 31.0. The smallest absolute Gasteiger partial charge is 0.349 e. The summed E-state index contributed by atoms with van der Waals surface area (Å²) < 4.78 is 19.3. The lowest BCUT2D eigenvalue weighted by molar-refractivity contribution is -0.938. The van der Waals surface area contributed by atoms with Crippen LogP contribution in [0.3, 0.4) is 0 Å². The second-order valence-corrected chi connectivity index (χ2v) is 21.0. The molecule has 6 aromatic rings. The first kappa shape index (κ1) is 57.8. The van der Waals surface area contributed by atoms with Gasteiger partial charge < -0.3 is 66.0 Å². The van der Waals surface area contributed by atoms with Gasteiger partial charge in [0.1, 0.15) is 41.7 Å². The highest BCUT2D eigenvalue weighted by Crippen LogP contribution is 2.52. The third-order valence-corrected chi connectivity index (χ3v) is 16.8. The van der Waals surface area contributed by atoms with E-state index in [1.807, 2.05) is 33.9 Å². The number of quaternary nitrogens is 1. The number of hydrogen-bond acceptors (Lipinski definition) is 13. The van der Waals surface area contributed by atoms with Crippen LogP contribution in [0.4, 0.5) is 0 Å². The summed E-state index contributed by atoms with van der Waals surface area (Å²) in [6.45, 7) is 10.7. The van der Waals surface area contributed by atoms with E-state index in [0.717, 1.165) is 71.4 Å². The van der Waals surface area contributed by atoms with Crippen LogP contribution < -0.4 is 27.2 Å². The van der Waals surface area contributed by atoms with Gasteiger partial charge in [0.25, 0.3) is 0 Å². The molecule has 19 heteroatoms. The molecular weight excluding hydrogens is 1150 g/mol. The molecule has 0 spiro atoms. The topological polar surface area (TPSA) is 157 Å². The number of morpholine rings is 1. The molecule has 2 bridgehead atoms. The fourth-order valence-corrected chi connectivity index (χ4v) is 12.5. The molecule has 0 saturated carbocycles. The van der Waals surface area contributed by atoms with Crippen molar-refractivity contribution in [2.45, 2.75) is 81.9 Å². The Balaban J connectivity index is 0.000000271. The van der Waals surface area contributed by atoms with Crippen molar-refractivity contribution in [1.82, 2.24) is 20.1 Å². The lowest BCUT2D eigenvalue weighted by Gasteiger charge is -2.45. The number of phenolic OH excluding ortho intramolecular Hbond substituents is 1. The SMILES string of the molecule is Br.Br.CCN(CC)CCN(CCNCCc1ccc(O)c2[nH]c(=O)sc12)C(=O)CCOCCc1cccc2ccccc12.C[N+]1(C)[C@@H]2CC(OC(=O)C(O)(c3cccs3)c3cccs3)C[C@H]1[C@@H]1O[C@@H]12.[Br-]. The zero-order chi connectivity index (χ0) is 47.1. The number of piperidine rings is 1. The Morgan fingerprint density at radius 1 is 0.843 bits per heavy atom. The van der Waals surface area contributed by atoms with Gasteiger partial charge >= 0.3 is 10.8 Å². The van der Waals surface area contributed by atoms with Crippen molar-refractivity contribution in [1.29, 1.82) is 0 Å². The largest absolute Gasteiger partial charge is 1.00 e. The predicted octanol–water partition coefficient (Wildman–Crippen LogP) is 4.91. The van der Waals surface area contributed by atoms with Crippen molar-refractivity contribution in [3.05, 3.63) is 120 Å². The average Bonchev–Trinajstić information content (AvgIpc) is 3.73. The molecule has 3 aliphatic rings. The molecule has 3 fully saturated rings. The lowest BCUT2D eigenvalue weighted by atomic mass is 9.95. The van der Waals surface area contributed by atoms with E-state index >= 15 is 0 Å². The van der Waals surface area contributed by atoms with Crippen molar-refractivity contribution < 1.29 is 55.5 Å². The molecule has 0 aliphatic carbocycles. The van der Waals surface area contributed by atoms with Crippen LogP contribution >= 0.6 is 68.0 Å². The first-order valence-electron chi connectivity index (χ1n) is 23.5. The number of phenols is 1. The molecule has 3 aliphatic heterocycles. The number of carbonyl (C=O) groups excluding carboxylic acids is 2. The van der Waals surface area contributed by atoms with Crippen LogP contribution in [-0.2, 0) is 42.2 Å². The Kier molecular flexibility index (Phi) is 21.7. The Hall–Kier alpha value is -3.05. The van der Waals surface area contributed by atoms with Crippen LogP contribution in [0.2, 0.25) is 0 Å². The second-order valence-electron chi connectivity index (χ2n) is 18.1. The minimum absolute atomic E-state index is 0. The summed E-state index contributed by atoms with van der Waals surface area (Å²) >= 11 is 3.86. The number of hydrogen-bond donors (Lipinski definition) is 4. The van der Waals surface area contributed by atoms with E-state index < -0.39 is 11.6 Å². The summed E-state index contributed by atoms with van der Waals surface area (Å²) in [7, 11) is 4.49. The number of aliphatic hydroxyl groups is 1. The normalized spacial score (nSPS) is 19.5. The monoisotopic (exact) mass is 1210 g/mol. The number of H-pyrrole nitrogens is 1. The van der Waals surface area contributed by atoms with Crippen molar-refractivity contribution in [3.63, 3.8) is 0 Å². The molecule has 382 valence electrons. The minimum Gasteiger partial charge on any atom is -1.00 e. The van der Waals surface area contributed by atoms with Gasteiger partial charge in [0.05, 0.1) is 48.2 Å². The first-order chi connectivity index (χ1) is 32.4. The van der Waals surface area contributed by atoms with Gasteiger partial charge in [0.2, 0.25) is 11.5 Å². The molecular formula is C51H66Br3N5O8S3. The quantitative estimate of drug-likeness (QED) is 0.0339. The number of benzene rings is 3. The molecule has 9 rings (SSSR count). The van der Waals surface area contributed by atoms with Gasteiger partial charge in [-0.05, 0) is 83.3 Å². The summed E-state index contributed by atoms with van der Waals surface area (Å²) in [6, 6.07) is 26.2. The number of likely N-dealkylation sites (N-methyl/N-ethyl adjacent to an activating group) is 2. The number of ether oxygens (including phenoxy) is 3. The molecule has 1 amide bonds. The Bertz CT molecular complexity index is 2590. The zero-order valence-corrected chi connectivity index (χ0v) is 47.5. The van der Waals surface area contributed by atoms with Gasteiger partial charge in [-0.2, -0.15) is 0 Å². The number of aromatic hydroxyl groups is 1. The van der Waals surface area contributed by atoms with Crippen molar-refractivity contribution in [3.8, 4) is 5.75 Å². The van der Waals surface area contributed by atoms with Crippen molar-refractivity contribution in [2.75, 3.05) is 73.1 Å². The van der Waals surface area contributed by atoms with Gasteiger partial charge in [0.15, 0.2) is 0 Å². The van der Waals surface area contributed by atoms with Crippen LogP contribution in [0.15, 0.2) is 94.4 Å². The van der Waals surface area contributed by atoms with E-state index in [4.69, 9.17) is 14.2 Å². The highest BCUT2D eigenvalue weighted by molar-refractivity contribution is 8.93. The number of carbonyl (C=O) groups is 2. The number of fused-ring (bicyclic) bond motifs is 7. The molecule has 70 heavy (non-hydrogen) atoms. The van der Waals surface area contributed by atoms with Crippen LogP contribution in [0.1, 0.15) is 54.0 Å². The second kappa shape index (κ2) is 26.2. The molecule has 13 nitrogen and oxygen atoms in total. The maximum Gasteiger partial charge on any atom is 0.349 e. The number of halogens is 3. The van der Waals surface area contributed by atoms with E-state index in [-0.39, 0.29) is 73.6 Å². The van der Waals surface area contributed by atoms with E-state index in [0.29, 0.717) is 85.4 Å². The Labute approximate surface area is 454 Å². The molecule has 1 unspecified atom stereocenters. The van der Waals surface area contributed by atoms with E-state index in [2.05, 4.69) is 85.6 Å². The van der Waals surface area contributed by atoms with Crippen LogP contribution in [-0.4, -0.2) is 145 Å². The molecule has 0 radical (unpaired) electrons. The summed E-state index contributed by atoms with van der Waals surface area (Å²) in [5.41, 5.74) is 1.07. The number of rotatable bonds is 21. The van der Waals surface area contributed by atoms with Crippen LogP contribution in [0.5, 0.6) is 5.75 Å². The van der Waals surface area contributed by atoms with Crippen LogP contribution in [0.25, 0.3) is 21.0 Å². The number of aromatic amines is 1. The third-order valence-electron chi connectivity index (χ3n) is 13.9. The van der Waals surface area contributed by atoms with E-state index in [9.17, 15) is 24.6 Å². The van der Waals surface area contributed by atoms with Crippen molar-refractivity contribution in [2.24, 2.45) is 0 Å². The number of thiophene rings is 2. The molecule has 5 atom stereocenters. The van der Waals surface area contributed by atoms with E-state index in [1.54, 1.807) is 18.2 Å². The molecule has 3 aromatic heterocycles. The highest BCUT2D eigenvalue weighted by atomic mass is 79.9. The number of nitrogens with zero attached hydrogens (tertiary/aromatic N) is 3. The van der Waals surface area contributed by atoms with Crippen LogP contribution in [0, 0.1) is 0 Å². The maximum atomic E-state index is 13.2. The molecule has 3 saturated heterocycles. The molecule has 3 aromatic carbocycles. The number of thiazole rings is 1. The number of amides is 1. The van der Waals surface area contributed by atoms with Gasteiger partial charge in [-0.3, -0.25) is 9.59 Å². The van der Waals surface area contributed by atoms with Gasteiger partial charge in [-0.15, -0.1) is 56.6 Å². The Morgan fingerprint density at radius 2 is 1.51 bits per heavy atom. The number of aromatic nitrogens is 1. The average molecular weight is 1210 g/mol. The van der Waals surface area contributed by atoms with Crippen molar-refractivity contribution >= 4 is 101 Å². The van der Waals surface area contributed by atoms with Gasteiger partial charge in [-0.25, -0.2) is 4.79 Å². The molecule has 6 heterocycles. The number of epoxide rings is 1. The molecule has 4 N–H and O–H groups in total. The first-order valence-corrected chi connectivity index (χ1v) is 26.1. The lowest BCUT2D eigenvalue weighted by Crippen LogP contribution is -3.00.